The van der Waals surface area contributed by atoms with Gasteiger partial charge < -0.3 is 14.8 Å². The molecule has 3 heteroatoms. The van der Waals surface area contributed by atoms with Crippen LogP contribution in [0.5, 0.6) is 0 Å². The van der Waals surface area contributed by atoms with Gasteiger partial charge in [-0.15, -0.1) is 0 Å². The van der Waals surface area contributed by atoms with Gasteiger partial charge in [0.2, 0.25) is 0 Å². The Hall–Kier alpha value is -0.120. The molecule has 0 aromatic heterocycles. The van der Waals surface area contributed by atoms with Crippen LogP contribution in [0.1, 0.15) is 40.0 Å². The predicted octanol–water partition coefficient (Wildman–Crippen LogP) is 2.16. The minimum absolute atomic E-state index is 0.0761. The molecule has 3 nitrogen and oxygen atoms in total. The smallest absolute Gasteiger partial charge is 0.169 e. The highest BCUT2D eigenvalue weighted by Crippen LogP contribution is 2.33. The summed E-state index contributed by atoms with van der Waals surface area (Å²) in [6.07, 6.45) is 3.90. The van der Waals surface area contributed by atoms with Gasteiger partial charge in [0.05, 0.1) is 0 Å². The molecular formula is C12H25NO2. The maximum atomic E-state index is 5.49. The highest BCUT2D eigenvalue weighted by atomic mass is 16.7. The van der Waals surface area contributed by atoms with Gasteiger partial charge in [-0.1, -0.05) is 6.92 Å². The summed E-state index contributed by atoms with van der Waals surface area (Å²) in [4.78, 5) is 0. The van der Waals surface area contributed by atoms with Gasteiger partial charge in [-0.05, 0) is 39.0 Å². The van der Waals surface area contributed by atoms with E-state index in [1.54, 1.807) is 0 Å². The van der Waals surface area contributed by atoms with Crippen molar-refractivity contribution in [2.45, 2.75) is 52.4 Å². The number of hydrogen-bond acceptors (Lipinski definition) is 3. The fraction of sp³-hybridized carbons (Fsp3) is 1.00. The first-order valence-electron chi connectivity index (χ1n) is 6.28. The Labute approximate surface area is 93.5 Å². The quantitative estimate of drug-likeness (QED) is 0.598. The molecule has 1 aliphatic rings. The molecule has 1 atom stereocenters. The lowest BCUT2D eigenvalue weighted by molar-refractivity contribution is -0.134. The van der Waals surface area contributed by atoms with Crippen LogP contribution in [0.4, 0.5) is 0 Å². The molecule has 1 N–H and O–H groups in total. The van der Waals surface area contributed by atoms with E-state index >= 15 is 0 Å². The number of ether oxygens (including phenoxy) is 2. The first kappa shape index (κ1) is 12.9. The Kier molecular flexibility index (Phi) is 6.22. The first-order valence-corrected chi connectivity index (χ1v) is 6.28. The molecule has 0 aliphatic heterocycles. The van der Waals surface area contributed by atoms with Crippen molar-refractivity contribution < 1.29 is 9.47 Å². The zero-order valence-corrected chi connectivity index (χ0v) is 10.3. The lowest BCUT2D eigenvalue weighted by Gasteiger charge is -2.22. The Morgan fingerprint density at radius 3 is 2.13 bits per heavy atom. The molecule has 90 valence electrons. The lowest BCUT2D eigenvalue weighted by atomic mass is 10.1. The van der Waals surface area contributed by atoms with Crippen molar-refractivity contribution >= 4 is 0 Å². The summed E-state index contributed by atoms with van der Waals surface area (Å²) in [5.41, 5.74) is 0. The van der Waals surface area contributed by atoms with Crippen molar-refractivity contribution in [1.82, 2.24) is 5.32 Å². The van der Waals surface area contributed by atoms with Crippen LogP contribution in [0.15, 0.2) is 0 Å². The van der Waals surface area contributed by atoms with Crippen LogP contribution in [0, 0.1) is 5.92 Å². The molecule has 0 saturated heterocycles. The summed E-state index contributed by atoms with van der Waals surface area (Å²) in [5.74, 6) is 0.902. The highest BCUT2D eigenvalue weighted by molar-refractivity contribution is 4.85. The summed E-state index contributed by atoms with van der Waals surface area (Å²) in [6, 6.07) is 0.661. The Morgan fingerprint density at radius 2 is 1.73 bits per heavy atom. The molecule has 0 aromatic carbocycles. The summed E-state index contributed by atoms with van der Waals surface area (Å²) < 4.78 is 11.0. The van der Waals surface area contributed by atoms with Gasteiger partial charge in [0.25, 0.3) is 0 Å². The molecule has 1 unspecified atom stereocenters. The number of hydrogen-bond donors (Lipinski definition) is 1. The molecule has 1 fully saturated rings. The third-order valence-electron chi connectivity index (χ3n) is 2.88. The van der Waals surface area contributed by atoms with Crippen LogP contribution in [0.3, 0.4) is 0 Å². The summed E-state index contributed by atoms with van der Waals surface area (Å²) >= 11 is 0. The molecule has 1 aliphatic carbocycles. The molecule has 0 aromatic rings. The molecule has 0 heterocycles. The van der Waals surface area contributed by atoms with Crippen LogP contribution in [-0.2, 0) is 9.47 Å². The monoisotopic (exact) mass is 215 g/mol. The maximum absolute atomic E-state index is 5.49. The average molecular weight is 215 g/mol. The second-order valence-electron chi connectivity index (χ2n) is 4.10. The second kappa shape index (κ2) is 7.20. The molecular weight excluding hydrogens is 190 g/mol. The minimum Gasteiger partial charge on any atom is -0.352 e. The van der Waals surface area contributed by atoms with Crippen molar-refractivity contribution in [2.75, 3.05) is 19.8 Å². The Bertz CT molecular complexity index is 154. The van der Waals surface area contributed by atoms with Crippen LogP contribution in [0.25, 0.3) is 0 Å². The van der Waals surface area contributed by atoms with Crippen molar-refractivity contribution in [3.8, 4) is 0 Å². The second-order valence-corrected chi connectivity index (χ2v) is 4.10. The first-order chi connectivity index (χ1) is 7.31. The largest absolute Gasteiger partial charge is 0.352 e. The van der Waals surface area contributed by atoms with Gasteiger partial charge in [0, 0.05) is 25.8 Å². The molecule has 0 radical (unpaired) electrons. The zero-order chi connectivity index (χ0) is 11.1. The van der Waals surface area contributed by atoms with E-state index in [9.17, 15) is 0 Å². The minimum atomic E-state index is -0.0761. The van der Waals surface area contributed by atoms with Crippen LogP contribution >= 0.6 is 0 Å². The molecule has 15 heavy (non-hydrogen) atoms. The van der Waals surface area contributed by atoms with E-state index in [0.717, 1.165) is 12.5 Å². The molecule has 1 saturated carbocycles. The average Bonchev–Trinajstić information content (AvgIpc) is 3.03. The highest BCUT2D eigenvalue weighted by Gasteiger charge is 2.29. The van der Waals surface area contributed by atoms with Crippen molar-refractivity contribution in [3.63, 3.8) is 0 Å². The van der Waals surface area contributed by atoms with E-state index in [2.05, 4.69) is 12.2 Å². The van der Waals surface area contributed by atoms with E-state index in [-0.39, 0.29) is 6.29 Å². The molecule has 0 spiro atoms. The maximum Gasteiger partial charge on any atom is 0.169 e. The summed E-state index contributed by atoms with van der Waals surface area (Å²) in [5, 5.41) is 3.55. The summed E-state index contributed by atoms with van der Waals surface area (Å²) in [6.45, 7) is 8.50. The number of nitrogens with one attached hydrogen (secondary N) is 1. The van der Waals surface area contributed by atoms with Gasteiger partial charge in [-0.25, -0.2) is 0 Å². The fourth-order valence-corrected chi connectivity index (χ4v) is 1.93. The van der Waals surface area contributed by atoms with E-state index < -0.39 is 0 Å². The molecule has 0 bridgehead atoms. The van der Waals surface area contributed by atoms with Crippen LogP contribution < -0.4 is 5.32 Å². The predicted molar refractivity (Wildman–Crippen MR) is 61.8 cm³/mol. The molecule has 0 amide bonds. The topological polar surface area (TPSA) is 30.5 Å². The van der Waals surface area contributed by atoms with E-state index in [1.807, 2.05) is 13.8 Å². The van der Waals surface area contributed by atoms with Crippen LogP contribution in [0.2, 0.25) is 0 Å². The van der Waals surface area contributed by atoms with Crippen molar-refractivity contribution in [2.24, 2.45) is 5.92 Å². The zero-order valence-electron chi connectivity index (χ0n) is 10.3. The van der Waals surface area contributed by atoms with E-state index in [0.29, 0.717) is 19.3 Å². The lowest BCUT2D eigenvalue weighted by Crippen LogP contribution is -2.39. The normalized spacial score (nSPS) is 18.4. The van der Waals surface area contributed by atoms with Gasteiger partial charge in [0.15, 0.2) is 6.29 Å². The van der Waals surface area contributed by atoms with E-state index in [1.165, 1.54) is 19.3 Å². The third kappa shape index (κ3) is 4.96. The molecule has 1 rings (SSSR count). The van der Waals surface area contributed by atoms with E-state index in [4.69, 9.17) is 9.47 Å². The van der Waals surface area contributed by atoms with Gasteiger partial charge in [-0.2, -0.15) is 0 Å². The summed E-state index contributed by atoms with van der Waals surface area (Å²) in [7, 11) is 0. The Morgan fingerprint density at radius 1 is 1.13 bits per heavy atom. The van der Waals surface area contributed by atoms with Gasteiger partial charge in [-0.3, -0.25) is 0 Å². The standard InChI is InChI=1S/C12H25NO2/c1-4-11(10-7-8-10)13-9-12(14-5-2)15-6-3/h10-13H,4-9H2,1-3H3. The van der Waals surface area contributed by atoms with Crippen molar-refractivity contribution in [3.05, 3.63) is 0 Å². The van der Waals surface area contributed by atoms with Gasteiger partial charge in [0.1, 0.15) is 0 Å². The fourth-order valence-electron chi connectivity index (χ4n) is 1.93. The SMILES string of the molecule is CCOC(CNC(CC)C1CC1)OCC. The number of rotatable bonds is 9. The Balaban J connectivity index is 2.17. The van der Waals surface area contributed by atoms with Crippen molar-refractivity contribution in [1.29, 1.82) is 0 Å². The van der Waals surface area contributed by atoms with Crippen LogP contribution in [-0.4, -0.2) is 32.1 Å². The third-order valence-corrected chi connectivity index (χ3v) is 2.88. The van der Waals surface area contributed by atoms with Gasteiger partial charge >= 0.3 is 0 Å².